The van der Waals surface area contributed by atoms with Crippen molar-refractivity contribution in [3.05, 3.63) is 35.4 Å². The Hall–Kier alpha value is -0.730. The standard InChI is InChI=1S/C12H11Cl2NO/c1-15-11-8(9(13)10(11)14)6-4-2-3-5-7(6)12(15)16/h2-5,8-11H,1H3/t8-,9+,10-,11-/m1/s1. The van der Waals surface area contributed by atoms with E-state index < -0.39 is 0 Å². The van der Waals surface area contributed by atoms with E-state index in [2.05, 4.69) is 0 Å². The van der Waals surface area contributed by atoms with Gasteiger partial charge < -0.3 is 4.90 Å². The van der Waals surface area contributed by atoms with E-state index in [1.165, 1.54) is 0 Å². The fourth-order valence-corrected chi connectivity index (χ4v) is 3.66. The predicted octanol–water partition coefficient (Wildman–Crippen LogP) is 2.45. The Morgan fingerprint density at radius 1 is 1.19 bits per heavy atom. The summed E-state index contributed by atoms with van der Waals surface area (Å²) in [6, 6.07) is 7.71. The van der Waals surface area contributed by atoms with E-state index in [-0.39, 0.29) is 28.6 Å². The van der Waals surface area contributed by atoms with Gasteiger partial charge in [-0.1, -0.05) is 18.2 Å². The smallest absolute Gasteiger partial charge is 0.254 e. The fraction of sp³-hybridized carbons (Fsp3) is 0.417. The number of rotatable bonds is 0. The number of hydrogen-bond acceptors (Lipinski definition) is 1. The number of nitrogens with zero attached hydrogens (tertiary/aromatic N) is 1. The first-order valence-electron chi connectivity index (χ1n) is 5.27. The number of carbonyl (C=O) groups is 1. The molecule has 1 aromatic rings. The summed E-state index contributed by atoms with van der Waals surface area (Å²) >= 11 is 12.4. The molecule has 3 rings (SSSR count). The van der Waals surface area contributed by atoms with Gasteiger partial charge in [0.05, 0.1) is 16.8 Å². The molecule has 0 spiro atoms. The van der Waals surface area contributed by atoms with Crippen LogP contribution in [0.3, 0.4) is 0 Å². The van der Waals surface area contributed by atoms with Crippen molar-refractivity contribution in [3.63, 3.8) is 0 Å². The Morgan fingerprint density at radius 2 is 1.88 bits per heavy atom. The van der Waals surface area contributed by atoms with Crippen molar-refractivity contribution in [1.29, 1.82) is 0 Å². The third-order valence-electron chi connectivity index (χ3n) is 3.66. The van der Waals surface area contributed by atoms with Gasteiger partial charge in [0.25, 0.3) is 5.91 Å². The molecule has 1 saturated carbocycles. The van der Waals surface area contributed by atoms with Gasteiger partial charge in [-0.15, -0.1) is 23.2 Å². The van der Waals surface area contributed by atoms with Crippen LogP contribution in [0, 0.1) is 0 Å². The first kappa shape index (κ1) is 10.4. The molecule has 1 amide bonds. The van der Waals surface area contributed by atoms with E-state index in [1.54, 1.807) is 11.9 Å². The van der Waals surface area contributed by atoms with Crippen molar-refractivity contribution >= 4 is 29.1 Å². The van der Waals surface area contributed by atoms with Crippen molar-refractivity contribution in [3.8, 4) is 0 Å². The SMILES string of the molecule is CN1C(=O)c2ccccc2[C@@H]2[C@H](Cl)[C@@H](Cl)[C@@H]21. The minimum Gasteiger partial charge on any atom is -0.336 e. The second kappa shape index (κ2) is 3.38. The Balaban J connectivity index is 2.14. The van der Waals surface area contributed by atoms with Crippen LogP contribution in [0.1, 0.15) is 21.8 Å². The van der Waals surface area contributed by atoms with Crippen molar-refractivity contribution < 1.29 is 4.79 Å². The number of carbonyl (C=O) groups excluding carboxylic acids is 1. The third-order valence-corrected chi connectivity index (χ3v) is 4.86. The van der Waals surface area contributed by atoms with Gasteiger partial charge in [-0.2, -0.15) is 0 Å². The summed E-state index contributed by atoms with van der Waals surface area (Å²) in [5.41, 5.74) is 1.81. The lowest BCUT2D eigenvalue weighted by atomic mass is 9.69. The molecule has 2 aliphatic rings. The molecule has 0 radical (unpaired) electrons. The van der Waals surface area contributed by atoms with Gasteiger partial charge in [0.15, 0.2) is 0 Å². The fourth-order valence-electron chi connectivity index (χ4n) is 2.75. The quantitative estimate of drug-likeness (QED) is 0.653. The van der Waals surface area contributed by atoms with E-state index >= 15 is 0 Å². The van der Waals surface area contributed by atoms with Crippen LogP contribution < -0.4 is 0 Å². The molecule has 1 fully saturated rings. The maximum absolute atomic E-state index is 12.1. The van der Waals surface area contributed by atoms with Gasteiger partial charge in [0.1, 0.15) is 0 Å². The molecule has 4 heteroatoms. The Morgan fingerprint density at radius 3 is 2.62 bits per heavy atom. The van der Waals surface area contributed by atoms with E-state index in [0.29, 0.717) is 0 Å². The third kappa shape index (κ3) is 1.12. The first-order chi connectivity index (χ1) is 7.63. The monoisotopic (exact) mass is 255 g/mol. The van der Waals surface area contributed by atoms with Crippen molar-refractivity contribution in [2.45, 2.75) is 22.7 Å². The Kier molecular flexibility index (Phi) is 2.20. The molecule has 0 bridgehead atoms. The van der Waals surface area contributed by atoms with E-state index in [4.69, 9.17) is 23.2 Å². The average molecular weight is 256 g/mol. The highest BCUT2D eigenvalue weighted by atomic mass is 35.5. The van der Waals surface area contributed by atoms with E-state index in [1.807, 2.05) is 24.3 Å². The lowest BCUT2D eigenvalue weighted by molar-refractivity contribution is 0.0570. The van der Waals surface area contributed by atoms with Crippen molar-refractivity contribution in [2.24, 2.45) is 0 Å². The second-order valence-corrected chi connectivity index (χ2v) is 5.42. The van der Waals surface area contributed by atoms with Gasteiger partial charge in [0.2, 0.25) is 0 Å². The maximum Gasteiger partial charge on any atom is 0.254 e. The van der Waals surface area contributed by atoms with Crippen LogP contribution in [0.25, 0.3) is 0 Å². The highest BCUT2D eigenvalue weighted by Gasteiger charge is 2.55. The summed E-state index contributed by atoms with van der Waals surface area (Å²) in [6.45, 7) is 0. The molecule has 1 heterocycles. The largest absolute Gasteiger partial charge is 0.336 e. The van der Waals surface area contributed by atoms with Gasteiger partial charge in [-0.25, -0.2) is 0 Å². The van der Waals surface area contributed by atoms with Crippen LogP contribution >= 0.6 is 23.2 Å². The minimum atomic E-state index is -0.144. The number of hydrogen-bond donors (Lipinski definition) is 0. The minimum absolute atomic E-state index is 0.0473. The Labute approximate surface area is 104 Å². The van der Waals surface area contributed by atoms with E-state index in [9.17, 15) is 4.79 Å². The summed E-state index contributed by atoms with van der Waals surface area (Å²) in [6.07, 6.45) is 0. The maximum atomic E-state index is 12.1. The normalized spacial score (nSPS) is 36.4. The van der Waals surface area contributed by atoms with Gasteiger partial charge in [-0.3, -0.25) is 4.79 Å². The topological polar surface area (TPSA) is 20.3 Å². The van der Waals surface area contributed by atoms with Gasteiger partial charge in [-0.05, 0) is 11.6 Å². The number of benzene rings is 1. The highest BCUT2D eigenvalue weighted by molar-refractivity contribution is 6.33. The lowest BCUT2D eigenvalue weighted by Gasteiger charge is -2.53. The number of alkyl halides is 2. The van der Waals surface area contributed by atoms with Crippen LogP contribution in [0.4, 0.5) is 0 Å². The van der Waals surface area contributed by atoms with Crippen LogP contribution in [-0.4, -0.2) is 34.7 Å². The first-order valence-corrected chi connectivity index (χ1v) is 6.14. The molecule has 1 aliphatic carbocycles. The molecule has 84 valence electrons. The second-order valence-electron chi connectivity index (χ2n) is 4.41. The van der Waals surface area contributed by atoms with Crippen molar-refractivity contribution in [2.75, 3.05) is 7.05 Å². The number of likely N-dealkylation sites (N-methyl/N-ethyl adjacent to an activating group) is 1. The zero-order valence-electron chi connectivity index (χ0n) is 8.73. The van der Waals surface area contributed by atoms with E-state index in [0.717, 1.165) is 11.1 Å². The average Bonchev–Trinajstić information content (AvgIpc) is 2.32. The summed E-state index contributed by atoms with van der Waals surface area (Å²) < 4.78 is 0. The number of amides is 1. The summed E-state index contributed by atoms with van der Waals surface area (Å²) in [4.78, 5) is 13.8. The summed E-state index contributed by atoms with van der Waals surface area (Å²) in [7, 11) is 1.80. The molecule has 0 aromatic heterocycles. The molecule has 2 nitrogen and oxygen atoms in total. The van der Waals surface area contributed by atoms with Crippen LogP contribution in [0.5, 0.6) is 0 Å². The highest BCUT2D eigenvalue weighted by Crippen LogP contribution is 2.50. The molecule has 1 aromatic carbocycles. The van der Waals surface area contributed by atoms with Gasteiger partial charge >= 0.3 is 0 Å². The van der Waals surface area contributed by atoms with Crippen molar-refractivity contribution in [1.82, 2.24) is 4.90 Å². The summed E-state index contributed by atoms with van der Waals surface area (Å²) in [5, 5.41) is -0.225. The van der Waals surface area contributed by atoms with Crippen LogP contribution in [-0.2, 0) is 0 Å². The summed E-state index contributed by atoms with van der Waals surface area (Å²) in [5.74, 6) is 0.231. The van der Waals surface area contributed by atoms with Crippen LogP contribution in [0.2, 0.25) is 0 Å². The number of halogens is 2. The molecular formula is C12H11Cl2NO. The Bertz CT molecular complexity index is 462. The number of fused-ring (bicyclic) bond motifs is 3. The molecule has 4 atom stereocenters. The molecule has 0 unspecified atom stereocenters. The van der Waals surface area contributed by atoms with Crippen LogP contribution in [0.15, 0.2) is 24.3 Å². The zero-order chi connectivity index (χ0) is 11.4. The lowest BCUT2D eigenvalue weighted by Crippen LogP contribution is -2.63. The molecular weight excluding hydrogens is 245 g/mol. The zero-order valence-corrected chi connectivity index (χ0v) is 10.2. The molecule has 0 saturated heterocycles. The van der Waals surface area contributed by atoms with Gasteiger partial charge in [0, 0.05) is 18.5 Å². The molecule has 16 heavy (non-hydrogen) atoms. The molecule has 0 N–H and O–H groups in total. The predicted molar refractivity (Wildman–Crippen MR) is 64.3 cm³/mol. The molecule has 1 aliphatic heterocycles.